The first-order valence-electron chi connectivity index (χ1n) is 34.8. The fourth-order valence-electron chi connectivity index (χ4n) is 8.33. The number of hydrogen-bond donors (Lipinski definition) is 3. The molecule has 3 aliphatic heterocycles. The van der Waals surface area contributed by atoms with Crippen LogP contribution in [0.25, 0.3) is 30.6 Å². The van der Waals surface area contributed by atoms with Crippen LogP contribution in [0.15, 0.2) is 91.5 Å². The number of hydrogen-bond acceptors (Lipinski definition) is 18. The van der Waals surface area contributed by atoms with Crippen molar-refractivity contribution in [2.24, 2.45) is 0 Å². The average Bonchev–Trinajstić information content (AvgIpc) is 0.789. The third-order valence-corrected chi connectivity index (χ3v) is 15.8. The minimum absolute atomic E-state index is 0.0193. The van der Waals surface area contributed by atoms with Crippen LogP contribution in [0.2, 0.25) is 17.2 Å². The molecule has 15 nitrogen and oxygen atoms in total. The van der Waals surface area contributed by atoms with E-state index in [0.717, 1.165) is 44.6 Å². The van der Waals surface area contributed by atoms with E-state index in [1.807, 2.05) is 0 Å². The summed E-state index contributed by atoms with van der Waals surface area (Å²) in [7, 11) is 0. The number of fused-ring (bicyclic) bond motifs is 3. The standard InChI is InChI=1S/3C19H17ClFN5S/c3*20-17-8-16-18(27-17)19(24-11-23-16)25-14-3-5-26(6-4-14)10-12-1-2-15(21)13(7-12)9-22/h3*1-2,7-8,11,14H,3-6,10H2,(H,23,24,25)/i1D,2D,7D,8D,10D,11D,14D;1D,2D,7D,8D,10D,14D;1D,2D,7D,8D,10D/hD3. The van der Waals surface area contributed by atoms with E-state index >= 15 is 0 Å². The fraction of sp³-hybridized carbons (Fsp3) is 0.316. The van der Waals surface area contributed by atoms with Gasteiger partial charge in [-0.25, -0.2) is 43.1 Å². The number of piperidine rings is 3. The first-order chi connectivity index (χ1) is 48.1. The minimum atomic E-state index is -1.52. The summed E-state index contributed by atoms with van der Waals surface area (Å²) in [4.78, 5) is 29.1. The highest BCUT2D eigenvalue weighted by atomic mass is 35.5. The van der Waals surface area contributed by atoms with E-state index < -0.39 is 126 Å². The van der Waals surface area contributed by atoms with Crippen LogP contribution < -0.4 is 15.9 Å². The van der Waals surface area contributed by atoms with Crippen molar-refractivity contribution >= 4 is 117 Å². The molecule has 3 aromatic carbocycles. The second-order valence-corrected chi connectivity index (χ2v) is 22.4. The monoisotopic (exact) mass is 1220 g/mol. The van der Waals surface area contributed by atoms with Gasteiger partial charge >= 0.3 is 0 Å². The molecule has 414 valence electrons. The summed E-state index contributed by atoms with van der Waals surface area (Å²) in [5.41, 5.74) is -1.86. The molecule has 3 saturated heterocycles. The number of nitriles is 3. The van der Waals surface area contributed by atoms with Crippen molar-refractivity contribution in [2.75, 3.05) is 55.2 Å². The Morgan fingerprint density at radius 2 is 0.864 bits per heavy atom. The van der Waals surface area contributed by atoms with E-state index in [1.54, 1.807) is 15.9 Å². The van der Waals surface area contributed by atoms with Gasteiger partial charge in [0.1, 0.15) is 73.4 Å². The Hall–Kier alpha value is -6.81. The van der Waals surface area contributed by atoms with Crippen molar-refractivity contribution in [3.63, 3.8) is 0 Å². The highest BCUT2D eigenvalue weighted by molar-refractivity contribution is 7.24. The van der Waals surface area contributed by atoms with Gasteiger partial charge in [-0.1, -0.05) is 52.9 Å². The highest BCUT2D eigenvalue weighted by Crippen LogP contribution is 2.36. The van der Waals surface area contributed by atoms with Gasteiger partial charge in [-0.2, -0.15) is 15.8 Å². The topological polar surface area (TPSA) is 195 Å². The molecule has 3 atom stereocenters. The number of aromatic nitrogens is 6. The van der Waals surface area contributed by atoms with Crippen LogP contribution in [0.5, 0.6) is 0 Å². The second-order valence-electron chi connectivity index (χ2n) is 17.6. The summed E-state index contributed by atoms with van der Waals surface area (Å²) in [6, 6.07) is -4.55. The van der Waals surface area contributed by atoms with Crippen molar-refractivity contribution in [3.05, 3.63) is 155 Å². The third-order valence-electron chi connectivity index (χ3n) is 12.2. The van der Waals surface area contributed by atoms with Gasteiger partial charge < -0.3 is 15.9 Å². The predicted octanol–water partition coefficient (Wildman–Crippen LogP) is 13.3. The Balaban J connectivity index is 0.000000165. The summed E-state index contributed by atoms with van der Waals surface area (Å²) in [6.07, 6.45) is 3.31. The number of nitrogens with one attached hydrogen (secondary N) is 3. The molecule has 6 aromatic heterocycles. The summed E-state index contributed by atoms with van der Waals surface area (Å²) < 4.78 is 217. The fourth-order valence-corrected chi connectivity index (χ4v) is 11.4. The van der Waals surface area contributed by atoms with Crippen molar-refractivity contribution in [3.8, 4) is 18.2 Å². The largest absolute Gasteiger partial charge is 0.366 e. The molecule has 0 amide bonds. The lowest BCUT2D eigenvalue weighted by Crippen LogP contribution is -2.38. The summed E-state index contributed by atoms with van der Waals surface area (Å²) >= 11 is 21.3. The van der Waals surface area contributed by atoms with Crippen molar-refractivity contribution in [1.82, 2.24) is 44.6 Å². The van der Waals surface area contributed by atoms with E-state index in [0.29, 0.717) is 56.9 Å². The molecule has 12 rings (SSSR count). The smallest absolute Gasteiger partial charge is 0.162 e. The number of halogens is 6. The number of rotatable bonds is 12. The van der Waals surface area contributed by atoms with Gasteiger partial charge in [-0.05, 0) is 110 Å². The molecule has 81 heavy (non-hydrogen) atoms. The molecule has 9 heterocycles. The zero-order chi connectivity index (χ0) is 74.8. The van der Waals surface area contributed by atoms with Gasteiger partial charge in [0.2, 0.25) is 0 Å². The maximum Gasteiger partial charge on any atom is 0.162 e. The van der Waals surface area contributed by atoms with E-state index in [2.05, 4.69) is 29.9 Å². The van der Waals surface area contributed by atoms with E-state index in [1.165, 1.54) is 35.0 Å². The quantitative estimate of drug-likeness (QED) is 0.104. The van der Waals surface area contributed by atoms with E-state index in [4.69, 9.17) is 79.5 Å². The molecular formula is C57H51Cl3F3N15S3. The van der Waals surface area contributed by atoms with Crippen LogP contribution in [-0.2, 0) is 19.6 Å². The number of likely N-dealkylation sites (tertiary alicyclic amines) is 3. The van der Waals surface area contributed by atoms with Crippen LogP contribution in [0.4, 0.5) is 30.6 Å². The summed E-state index contributed by atoms with van der Waals surface area (Å²) in [6.45, 7) is -2.70. The maximum atomic E-state index is 14.1. The third kappa shape index (κ3) is 14.8. The van der Waals surface area contributed by atoms with Gasteiger partial charge in [0, 0.05) is 81.0 Å². The van der Waals surface area contributed by atoms with Crippen molar-refractivity contribution < 1.29 is 42.1 Å². The molecule has 0 bridgehead atoms. The average molecular weight is 1230 g/mol. The molecule has 9 aromatic rings. The zero-order valence-corrected chi connectivity index (χ0v) is 46.4. The van der Waals surface area contributed by atoms with Gasteiger partial charge in [0.15, 0.2) is 4.24 Å². The van der Waals surface area contributed by atoms with Crippen LogP contribution in [-0.4, -0.2) is 102 Å². The molecule has 0 radical (unpaired) electrons. The normalized spacial score (nSPS) is 21.3. The Bertz CT molecular complexity index is 4930. The SMILES string of the molecule is [2H]c1c([2H])c(C([2H])N2CCC(N([2H])c3ncnc4c([2H])c(Cl)sc34)CC2)c([2H])c(C#N)c1F.[2H]c1c([2H])c(C([2H])N2CCC([2H])(N([2H])c3ncnc4c([2H])c(Cl)sc34)CC2)c([2H])c(C#N)c1F.[2H]c1nc(N([2H])C2([2H])CCN(C([2H])c3c([2H])c([2H])c(F)c(C#N)c3[2H])CC2)c2sc(Cl)c([2H])c2n1. The van der Waals surface area contributed by atoms with Crippen LogP contribution >= 0.6 is 68.8 Å². The number of anilines is 3. The van der Waals surface area contributed by atoms with Crippen LogP contribution in [0, 0.1) is 51.4 Å². The maximum absolute atomic E-state index is 14.1. The Morgan fingerprint density at radius 3 is 1.25 bits per heavy atom. The lowest BCUT2D eigenvalue weighted by molar-refractivity contribution is 0.211. The molecule has 0 saturated carbocycles. The van der Waals surface area contributed by atoms with Gasteiger partial charge in [-0.15, -0.1) is 34.0 Å². The summed E-state index contributed by atoms with van der Waals surface area (Å²) in [5, 5.41) is 30.5. The first-order valence-corrected chi connectivity index (χ1v) is 27.8. The molecule has 3 fully saturated rings. The zero-order valence-electron chi connectivity index (χ0n) is 62.7. The summed E-state index contributed by atoms with van der Waals surface area (Å²) in [5.74, 6) is -3.24. The van der Waals surface area contributed by atoms with E-state index in [-0.39, 0.29) is 123 Å². The van der Waals surface area contributed by atoms with Crippen molar-refractivity contribution in [1.29, 1.82) is 15.8 Å². The minimum Gasteiger partial charge on any atom is -0.366 e. The van der Waals surface area contributed by atoms with Gasteiger partial charge in [0.25, 0.3) is 0 Å². The molecular weight excluding hydrogens is 1150 g/mol. The number of nitrogens with zero attached hydrogens (tertiary/aromatic N) is 12. The number of thiophene rings is 3. The first kappa shape index (κ1) is 36.6. The Morgan fingerprint density at radius 1 is 0.519 bits per heavy atom. The predicted molar refractivity (Wildman–Crippen MR) is 316 cm³/mol. The molecule has 0 spiro atoms. The Kier molecular flexibility index (Phi) is 12.1. The van der Waals surface area contributed by atoms with E-state index in [9.17, 15) is 13.2 Å². The number of benzene rings is 3. The second kappa shape index (κ2) is 26.8. The van der Waals surface area contributed by atoms with Gasteiger partial charge in [0.05, 0.1) is 79.5 Å². The molecule has 24 heteroatoms. The molecule has 3 unspecified atom stereocenters. The molecule has 3 N–H and O–H groups in total. The van der Waals surface area contributed by atoms with Gasteiger partial charge in [-0.3, -0.25) is 14.7 Å². The van der Waals surface area contributed by atoms with Crippen LogP contribution in [0.3, 0.4) is 0 Å². The van der Waals surface area contributed by atoms with Crippen molar-refractivity contribution in [2.45, 2.75) is 76.2 Å². The molecule has 0 aliphatic carbocycles. The lowest BCUT2D eigenvalue weighted by atomic mass is 10.0. The molecule has 3 aliphatic rings. The highest BCUT2D eigenvalue weighted by Gasteiger charge is 2.25. The van der Waals surface area contributed by atoms with Crippen LogP contribution in [0.1, 0.15) is 96.6 Å². The lowest BCUT2D eigenvalue weighted by Gasteiger charge is -2.32. The Labute approximate surface area is 522 Å².